The number of nitrogens with two attached hydrogens (primary N) is 1. The van der Waals surface area contributed by atoms with E-state index in [0.717, 1.165) is 0 Å². The molecule has 0 radical (unpaired) electrons. The van der Waals surface area contributed by atoms with Crippen molar-refractivity contribution in [1.29, 1.82) is 0 Å². The Balaban J connectivity index is 2.99. The Morgan fingerprint density at radius 3 is 2.59 bits per heavy atom. The number of hydrogen-bond donors (Lipinski definition) is 3. The molecular weight excluding hydrogens is 286 g/mol. The Hall–Kier alpha value is -2.12. The third-order valence-corrected chi connectivity index (χ3v) is 2.84. The molecule has 7 nitrogen and oxygen atoms in total. The maximum atomic E-state index is 12.0. The molecule has 22 heavy (non-hydrogen) atoms. The lowest BCUT2D eigenvalue weighted by Gasteiger charge is -2.16. The Bertz CT molecular complexity index is 520. The molecule has 0 saturated carbocycles. The van der Waals surface area contributed by atoms with Crippen molar-refractivity contribution in [1.82, 2.24) is 0 Å². The number of nitrogens with one attached hydrogen (secondary N) is 2. The molecule has 1 rings (SSSR count). The zero-order valence-corrected chi connectivity index (χ0v) is 13.1. The minimum absolute atomic E-state index is 0.111. The van der Waals surface area contributed by atoms with E-state index >= 15 is 0 Å². The van der Waals surface area contributed by atoms with Crippen LogP contribution >= 0.6 is 0 Å². The number of anilines is 2. The molecule has 0 aliphatic rings. The lowest BCUT2D eigenvalue weighted by atomic mass is 10.1. The van der Waals surface area contributed by atoms with Crippen molar-refractivity contribution in [3.05, 3.63) is 23.8 Å². The van der Waals surface area contributed by atoms with Crippen LogP contribution in [0, 0.1) is 0 Å². The minimum atomic E-state index is -0.786. The van der Waals surface area contributed by atoms with Gasteiger partial charge in [-0.2, -0.15) is 0 Å². The fraction of sp³-hybridized carbons (Fsp3) is 0.467. The highest BCUT2D eigenvalue weighted by molar-refractivity contribution is 6.00. The van der Waals surface area contributed by atoms with Crippen LogP contribution in [0.15, 0.2) is 18.2 Å². The van der Waals surface area contributed by atoms with Gasteiger partial charge < -0.3 is 25.8 Å². The van der Waals surface area contributed by atoms with Crippen molar-refractivity contribution in [2.45, 2.75) is 19.9 Å². The van der Waals surface area contributed by atoms with Gasteiger partial charge in [-0.05, 0) is 32.0 Å². The molecule has 0 fully saturated rings. The molecule has 0 bridgehead atoms. The summed E-state index contributed by atoms with van der Waals surface area (Å²) in [6.45, 7) is 4.73. The van der Waals surface area contributed by atoms with Gasteiger partial charge in [0.25, 0.3) is 0 Å². The molecule has 0 aliphatic carbocycles. The van der Waals surface area contributed by atoms with Crippen LogP contribution in [0.1, 0.15) is 24.2 Å². The van der Waals surface area contributed by atoms with Gasteiger partial charge in [-0.15, -0.1) is 0 Å². The van der Waals surface area contributed by atoms with Crippen LogP contribution in [0.25, 0.3) is 0 Å². The van der Waals surface area contributed by atoms with Crippen molar-refractivity contribution in [2.24, 2.45) is 5.73 Å². The molecule has 1 aromatic carbocycles. The van der Waals surface area contributed by atoms with Crippen molar-refractivity contribution < 1.29 is 19.1 Å². The molecule has 0 aliphatic heterocycles. The summed E-state index contributed by atoms with van der Waals surface area (Å²) in [7, 11) is 1.47. The molecule has 4 N–H and O–H groups in total. The van der Waals surface area contributed by atoms with Gasteiger partial charge in [-0.25, -0.2) is 4.79 Å². The monoisotopic (exact) mass is 309 g/mol. The van der Waals surface area contributed by atoms with Gasteiger partial charge >= 0.3 is 5.97 Å². The topological polar surface area (TPSA) is 103 Å². The summed E-state index contributed by atoms with van der Waals surface area (Å²) in [5, 5.41) is 5.81. The summed E-state index contributed by atoms with van der Waals surface area (Å²) in [5.74, 6) is -0.829. The number of hydrogen-bond acceptors (Lipinski definition) is 6. The Kier molecular flexibility index (Phi) is 7.34. The van der Waals surface area contributed by atoms with Crippen molar-refractivity contribution in [3.8, 4) is 0 Å². The second-order valence-electron chi connectivity index (χ2n) is 4.56. The summed E-state index contributed by atoms with van der Waals surface area (Å²) >= 11 is 0. The third kappa shape index (κ3) is 5.01. The van der Waals surface area contributed by atoms with Crippen LogP contribution < -0.4 is 16.4 Å². The average molecular weight is 309 g/mol. The van der Waals surface area contributed by atoms with E-state index in [1.54, 1.807) is 25.1 Å². The summed E-state index contributed by atoms with van der Waals surface area (Å²) in [6.07, 6.45) is 0. The fourth-order valence-electron chi connectivity index (χ4n) is 1.81. The molecule has 1 aromatic rings. The highest BCUT2D eigenvalue weighted by Crippen LogP contribution is 2.24. The van der Waals surface area contributed by atoms with Crippen LogP contribution in [0.3, 0.4) is 0 Å². The molecule has 0 saturated heterocycles. The Morgan fingerprint density at radius 2 is 2.00 bits per heavy atom. The van der Waals surface area contributed by atoms with Gasteiger partial charge in [0.15, 0.2) is 0 Å². The van der Waals surface area contributed by atoms with Crippen LogP contribution in [0.2, 0.25) is 0 Å². The number of carbonyl (C=O) groups is 2. The SMILES string of the molecule is CCNc1ccc(C(=O)OCC)cc1NC(=O)C(N)COC. The highest BCUT2D eigenvalue weighted by atomic mass is 16.5. The van der Waals surface area contributed by atoms with Crippen LogP contribution in [0.4, 0.5) is 11.4 Å². The molecule has 1 amide bonds. The largest absolute Gasteiger partial charge is 0.462 e. The predicted octanol–water partition coefficient (Wildman–Crippen LogP) is 1.21. The molecule has 0 heterocycles. The van der Waals surface area contributed by atoms with E-state index in [4.69, 9.17) is 15.2 Å². The minimum Gasteiger partial charge on any atom is -0.462 e. The van der Waals surface area contributed by atoms with E-state index in [1.165, 1.54) is 7.11 Å². The van der Waals surface area contributed by atoms with Gasteiger partial charge in [0.2, 0.25) is 5.91 Å². The Morgan fingerprint density at radius 1 is 1.27 bits per heavy atom. The van der Waals surface area contributed by atoms with Crippen molar-refractivity contribution in [3.63, 3.8) is 0 Å². The number of amides is 1. The van der Waals surface area contributed by atoms with Gasteiger partial charge in [0.1, 0.15) is 6.04 Å². The summed E-state index contributed by atoms with van der Waals surface area (Å²) in [4.78, 5) is 23.8. The number of ether oxygens (including phenoxy) is 2. The highest BCUT2D eigenvalue weighted by Gasteiger charge is 2.16. The lowest BCUT2D eigenvalue weighted by molar-refractivity contribution is -0.118. The van der Waals surface area contributed by atoms with Crippen molar-refractivity contribution >= 4 is 23.3 Å². The standard InChI is InChI=1S/C15H23N3O4/c1-4-17-12-7-6-10(15(20)22-5-2)8-13(12)18-14(19)11(16)9-21-3/h6-8,11,17H,4-5,9,16H2,1-3H3,(H,18,19). The number of methoxy groups -OCH3 is 1. The van der Waals surface area contributed by atoms with Crippen molar-refractivity contribution in [2.75, 3.05) is 37.5 Å². The van der Waals surface area contributed by atoms with E-state index < -0.39 is 12.0 Å². The summed E-state index contributed by atoms with van der Waals surface area (Å²) < 4.78 is 9.82. The average Bonchev–Trinajstić information content (AvgIpc) is 2.49. The van der Waals surface area contributed by atoms with E-state index in [9.17, 15) is 9.59 Å². The molecule has 1 atom stereocenters. The number of rotatable bonds is 8. The summed E-state index contributed by atoms with van der Waals surface area (Å²) in [5.41, 5.74) is 7.23. The smallest absolute Gasteiger partial charge is 0.338 e. The van der Waals surface area contributed by atoms with Crippen LogP contribution in [-0.2, 0) is 14.3 Å². The maximum absolute atomic E-state index is 12.0. The number of esters is 1. The van der Waals surface area contributed by atoms with E-state index in [0.29, 0.717) is 23.5 Å². The first-order valence-electron chi connectivity index (χ1n) is 7.13. The normalized spacial score (nSPS) is 11.6. The first-order chi connectivity index (χ1) is 10.5. The lowest BCUT2D eigenvalue weighted by Crippen LogP contribution is -2.39. The van der Waals surface area contributed by atoms with E-state index in [2.05, 4.69) is 10.6 Å². The molecule has 0 aromatic heterocycles. The molecular formula is C15H23N3O4. The van der Waals surface area contributed by atoms with Gasteiger partial charge in [-0.1, -0.05) is 0 Å². The number of benzene rings is 1. The Labute approximate surface area is 130 Å². The molecule has 1 unspecified atom stereocenters. The first-order valence-corrected chi connectivity index (χ1v) is 7.13. The second kappa shape index (κ2) is 9.01. The summed E-state index contributed by atoms with van der Waals surface area (Å²) in [6, 6.07) is 4.13. The molecule has 0 spiro atoms. The van der Waals surface area contributed by atoms with Gasteiger partial charge in [0, 0.05) is 13.7 Å². The quantitative estimate of drug-likeness (QED) is 0.624. The van der Waals surface area contributed by atoms with Gasteiger partial charge in [-0.3, -0.25) is 4.79 Å². The predicted molar refractivity (Wildman–Crippen MR) is 85.0 cm³/mol. The zero-order valence-electron chi connectivity index (χ0n) is 13.1. The second-order valence-corrected chi connectivity index (χ2v) is 4.56. The van der Waals surface area contributed by atoms with Crippen LogP contribution in [0.5, 0.6) is 0 Å². The fourth-order valence-corrected chi connectivity index (χ4v) is 1.81. The zero-order chi connectivity index (χ0) is 16.5. The maximum Gasteiger partial charge on any atom is 0.338 e. The van der Waals surface area contributed by atoms with Crippen LogP contribution in [-0.4, -0.2) is 44.8 Å². The first kappa shape index (κ1) is 17.9. The number of carbonyl (C=O) groups excluding carboxylic acids is 2. The molecule has 7 heteroatoms. The molecule has 122 valence electrons. The van der Waals surface area contributed by atoms with E-state index in [1.807, 2.05) is 6.92 Å². The van der Waals surface area contributed by atoms with E-state index in [-0.39, 0.29) is 19.1 Å². The van der Waals surface area contributed by atoms with Gasteiger partial charge in [0.05, 0.1) is 30.2 Å². The third-order valence-electron chi connectivity index (χ3n) is 2.84.